The number of amides is 1. The molecule has 0 unspecified atom stereocenters. The van der Waals surface area contributed by atoms with Crippen molar-refractivity contribution in [2.75, 3.05) is 6.61 Å². The fourth-order valence-electron chi connectivity index (χ4n) is 2.11. The van der Waals surface area contributed by atoms with Crippen molar-refractivity contribution < 1.29 is 14.3 Å². The van der Waals surface area contributed by atoms with Crippen molar-refractivity contribution >= 4 is 11.9 Å². The highest BCUT2D eigenvalue weighted by Gasteiger charge is 2.31. The van der Waals surface area contributed by atoms with Crippen LogP contribution in [0, 0.1) is 12.3 Å². The van der Waals surface area contributed by atoms with E-state index in [4.69, 9.17) is 11.2 Å². The van der Waals surface area contributed by atoms with Gasteiger partial charge in [-0.1, -0.05) is 25.2 Å². The highest BCUT2D eigenvalue weighted by atomic mass is 16.5. The number of nitrogens with one attached hydrogen (secondary N) is 1. The summed E-state index contributed by atoms with van der Waals surface area (Å²) < 4.78 is 4.72. The molecule has 0 aromatic carbocycles. The van der Waals surface area contributed by atoms with Gasteiger partial charge in [-0.25, -0.2) is 0 Å². The second kappa shape index (κ2) is 6.29. The molecule has 1 amide bonds. The van der Waals surface area contributed by atoms with Gasteiger partial charge in [0.2, 0.25) is 5.91 Å². The summed E-state index contributed by atoms with van der Waals surface area (Å²) in [6.07, 6.45) is 10.0. The number of terminal acetylenes is 1. The Morgan fingerprint density at radius 3 is 2.53 bits per heavy atom. The predicted octanol–water partition coefficient (Wildman–Crippen LogP) is 1.39. The van der Waals surface area contributed by atoms with Crippen LogP contribution in [0.25, 0.3) is 0 Å². The van der Waals surface area contributed by atoms with E-state index in [1.807, 2.05) is 0 Å². The fourth-order valence-corrected chi connectivity index (χ4v) is 2.11. The van der Waals surface area contributed by atoms with E-state index >= 15 is 0 Å². The molecule has 1 N–H and O–H groups in total. The smallest absolute Gasteiger partial charge is 0.315 e. The maximum absolute atomic E-state index is 11.7. The second-order valence-corrected chi connectivity index (χ2v) is 4.32. The monoisotopic (exact) mass is 237 g/mol. The van der Waals surface area contributed by atoms with E-state index < -0.39 is 11.5 Å². The number of hydrogen-bond donors (Lipinski definition) is 1. The van der Waals surface area contributed by atoms with Crippen molar-refractivity contribution in [2.24, 2.45) is 0 Å². The molecular weight excluding hydrogens is 218 g/mol. The van der Waals surface area contributed by atoms with Crippen molar-refractivity contribution in [1.82, 2.24) is 5.32 Å². The molecule has 0 radical (unpaired) electrons. The highest BCUT2D eigenvalue weighted by molar-refractivity contribution is 5.94. The molecule has 1 aliphatic rings. The molecule has 0 saturated heterocycles. The molecule has 1 rings (SSSR count). The molecule has 1 aliphatic carbocycles. The van der Waals surface area contributed by atoms with Crippen molar-refractivity contribution in [3.8, 4) is 12.3 Å². The molecule has 17 heavy (non-hydrogen) atoms. The molecule has 4 heteroatoms. The van der Waals surface area contributed by atoms with Crippen LogP contribution in [0.5, 0.6) is 0 Å². The first kappa shape index (κ1) is 13.6. The van der Waals surface area contributed by atoms with Gasteiger partial charge in [0.15, 0.2) is 0 Å². The van der Waals surface area contributed by atoms with Crippen molar-refractivity contribution in [2.45, 2.75) is 51.0 Å². The van der Waals surface area contributed by atoms with Crippen LogP contribution in [0.4, 0.5) is 0 Å². The number of ether oxygens (including phenoxy) is 1. The van der Waals surface area contributed by atoms with E-state index in [0.29, 0.717) is 0 Å². The highest BCUT2D eigenvalue weighted by Crippen LogP contribution is 2.27. The van der Waals surface area contributed by atoms with Crippen LogP contribution in [0.15, 0.2) is 0 Å². The molecule has 4 nitrogen and oxygen atoms in total. The van der Waals surface area contributed by atoms with Crippen LogP contribution < -0.4 is 5.32 Å². The first-order valence-electron chi connectivity index (χ1n) is 6.06. The van der Waals surface area contributed by atoms with Gasteiger partial charge in [-0.3, -0.25) is 9.59 Å². The summed E-state index contributed by atoms with van der Waals surface area (Å²) in [5.74, 6) is 1.82. The van der Waals surface area contributed by atoms with Gasteiger partial charge >= 0.3 is 5.97 Å². The summed E-state index contributed by atoms with van der Waals surface area (Å²) in [5, 5.41) is 2.80. The summed E-state index contributed by atoms with van der Waals surface area (Å²) in [5.41, 5.74) is -0.554. The van der Waals surface area contributed by atoms with Crippen molar-refractivity contribution in [1.29, 1.82) is 0 Å². The standard InChI is InChI=1S/C13H19NO3/c1-3-13(8-6-5-7-9-13)14-11(15)10-12(16)17-4-2/h1H,4-10H2,2H3,(H,14,15). The van der Waals surface area contributed by atoms with Crippen molar-refractivity contribution in [3.05, 3.63) is 0 Å². The maximum Gasteiger partial charge on any atom is 0.315 e. The Morgan fingerprint density at radius 1 is 1.35 bits per heavy atom. The minimum atomic E-state index is -0.554. The average molecular weight is 237 g/mol. The van der Waals surface area contributed by atoms with Crippen LogP contribution in [0.1, 0.15) is 45.4 Å². The van der Waals surface area contributed by atoms with E-state index in [0.717, 1.165) is 32.1 Å². The predicted molar refractivity (Wildman–Crippen MR) is 64.0 cm³/mol. The van der Waals surface area contributed by atoms with Crippen LogP contribution in [0.3, 0.4) is 0 Å². The molecule has 1 saturated carbocycles. The zero-order valence-electron chi connectivity index (χ0n) is 10.3. The van der Waals surface area contributed by atoms with E-state index in [1.54, 1.807) is 6.92 Å². The normalized spacial score (nSPS) is 17.9. The molecule has 0 atom stereocenters. The summed E-state index contributed by atoms with van der Waals surface area (Å²) in [4.78, 5) is 22.8. The molecule has 1 fully saturated rings. The Balaban J connectivity index is 2.48. The van der Waals surface area contributed by atoms with Gasteiger partial charge in [0.25, 0.3) is 0 Å². The minimum absolute atomic E-state index is 0.253. The van der Waals surface area contributed by atoms with Gasteiger partial charge in [-0.2, -0.15) is 0 Å². The zero-order chi connectivity index (χ0) is 12.7. The third-order valence-corrected chi connectivity index (χ3v) is 2.97. The lowest BCUT2D eigenvalue weighted by Gasteiger charge is -2.33. The maximum atomic E-state index is 11.7. The molecule has 0 aromatic rings. The van der Waals surface area contributed by atoms with E-state index in [-0.39, 0.29) is 18.9 Å². The Bertz CT molecular complexity index is 324. The van der Waals surface area contributed by atoms with Gasteiger partial charge in [0.05, 0.1) is 6.61 Å². The van der Waals surface area contributed by atoms with Crippen LogP contribution in [0.2, 0.25) is 0 Å². The van der Waals surface area contributed by atoms with Gasteiger partial charge in [0.1, 0.15) is 12.0 Å². The fraction of sp³-hybridized carbons (Fsp3) is 0.692. The SMILES string of the molecule is C#CC1(NC(=O)CC(=O)OCC)CCCCC1. The summed E-state index contributed by atoms with van der Waals surface area (Å²) >= 11 is 0. The number of carbonyl (C=O) groups excluding carboxylic acids is 2. The Morgan fingerprint density at radius 2 is 2.00 bits per heavy atom. The van der Waals surface area contributed by atoms with Gasteiger partial charge in [0, 0.05) is 0 Å². The lowest BCUT2D eigenvalue weighted by molar-refractivity contribution is -0.146. The summed E-state index contributed by atoms with van der Waals surface area (Å²) in [7, 11) is 0. The quantitative estimate of drug-likeness (QED) is 0.457. The number of carbonyl (C=O) groups is 2. The van der Waals surface area contributed by atoms with Crippen molar-refractivity contribution in [3.63, 3.8) is 0 Å². The minimum Gasteiger partial charge on any atom is -0.466 e. The largest absolute Gasteiger partial charge is 0.466 e. The molecule has 94 valence electrons. The first-order chi connectivity index (χ1) is 8.12. The van der Waals surface area contributed by atoms with E-state index in [2.05, 4.69) is 11.2 Å². The molecule has 0 aromatic heterocycles. The lowest BCUT2D eigenvalue weighted by Crippen LogP contribution is -2.49. The Hall–Kier alpha value is -1.50. The molecular formula is C13H19NO3. The Labute approximate surface area is 102 Å². The topological polar surface area (TPSA) is 55.4 Å². The zero-order valence-corrected chi connectivity index (χ0v) is 10.3. The molecule has 0 spiro atoms. The van der Waals surface area contributed by atoms with E-state index in [9.17, 15) is 9.59 Å². The third-order valence-electron chi connectivity index (χ3n) is 2.97. The van der Waals surface area contributed by atoms with Gasteiger partial charge < -0.3 is 10.1 Å². The summed E-state index contributed by atoms with van der Waals surface area (Å²) in [6.45, 7) is 1.99. The van der Waals surface area contributed by atoms with Crippen LogP contribution >= 0.6 is 0 Å². The molecule has 0 aliphatic heterocycles. The molecule has 0 heterocycles. The first-order valence-corrected chi connectivity index (χ1v) is 6.06. The van der Waals surface area contributed by atoms with E-state index in [1.165, 1.54) is 0 Å². The van der Waals surface area contributed by atoms with Gasteiger partial charge in [-0.05, 0) is 19.8 Å². The lowest BCUT2D eigenvalue weighted by atomic mass is 9.82. The third kappa shape index (κ3) is 4.10. The Kier molecular flexibility index (Phi) is 5.02. The second-order valence-electron chi connectivity index (χ2n) is 4.32. The average Bonchev–Trinajstić information content (AvgIpc) is 2.30. The van der Waals surface area contributed by atoms with Crippen LogP contribution in [-0.4, -0.2) is 24.0 Å². The number of hydrogen-bond acceptors (Lipinski definition) is 3. The van der Waals surface area contributed by atoms with Crippen LogP contribution in [-0.2, 0) is 14.3 Å². The number of rotatable bonds is 4. The summed E-state index contributed by atoms with van der Waals surface area (Å²) in [6, 6.07) is 0. The number of esters is 1. The molecule has 0 bridgehead atoms. The van der Waals surface area contributed by atoms with Gasteiger partial charge in [-0.15, -0.1) is 6.42 Å².